The van der Waals surface area contributed by atoms with Gasteiger partial charge >= 0.3 is 6.03 Å². The Bertz CT molecular complexity index is 977. The summed E-state index contributed by atoms with van der Waals surface area (Å²) in [5.41, 5.74) is 1.64. The van der Waals surface area contributed by atoms with Crippen LogP contribution in [0, 0.1) is 12.7 Å². The average Bonchev–Trinajstić information content (AvgIpc) is 2.63. The number of amides is 2. The van der Waals surface area contributed by atoms with E-state index in [9.17, 15) is 17.6 Å². The highest BCUT2D eigenvalue weighted by Gasteiger charge is 2.19. The minimum absolute atomic E-state index is 0.0728. The number of carbonyl (C=O) groups is 1. The van der Waals surface area contributed by atoms with Crippen molar-refractivity contribution >= 4 is 21.7 Å². The lowest BCUT2D eigenvalue weighted by molar-refractivity contribution is 0.249. The molecule has 2 N–H and O–H groups in total. The van der Waals surface area contributed by atoms with Crippen LogP contribution in [0.15, 0.2) is 41.3 Å². The monoisotopic (exact) mass is 409 g/mol. The molecule has 0 spiro atoms. The van der Waals surface area contributed by atoms with E-state index in [0.29, 0.717) is 16.8 Å². The number of anilines is 1. The Morgan fingerprint density at radius 1 is 1.18 bits per heavy atom. The van der Waals surface area contributed by atoms with Crippen molar-refractivity contribution in [3.8, 4) is 5.75 Å². The van der Waals surface area contributed by atoms with E-state index < -0.39 is 27.9 Å². The molecule has 0 aliphatic heterocycles. The van der Waals surface area contributed by atoms with Crippen LogP contribution in [0.4, 0.5) is 14.9 Å². The molecule has 0 radical (unpaired) electrons. The summed E-state index contributed by atoms with van der Waals surface area (Å²) >= 11 is 0. The zero-order valence-corrected chi connectivity index (χ0v) is 17.2. The number of methoxy groups -OCH3 is 1. The number of hydrogen-bond donors (Lipinski definition) is 2. The summed E-state index contributed by atoms with van der Waals surface area (Å²) in [6, 6.07) is 7.93. The third-order valence-corrected chi connectivity index (χ3v) is 6.07. The number of hydrogen-bond acceptors (Lipinski definition) is 4. The maximum absolute atomic E-state index is 13.9. The predicted octanol–water partition coefficient (Wildman–Crippen LogP) is 3.28. The van der Waals surface area contributed by atoms with Crippen molar-refractivity contribution in [2.75, 3.05) is 26.5 Å². The maximum Gasteiger partial charge on any atom is 0.319 e. The third-order valence-electron chi connectivity index (χ3n) is 4.26. The van der Waals surface area contributed by atoms with Gasteiger partial charge in [-0.15, -0.1) is 0 Å². The van der Waals surface area contributed by atoms with Gasteiger partial charge in [0.1, 0.15) is 0 Å². The molecule has 0 unspecified atom stereocenters. The quantitative estimate of drug-likeness (QED) is 0.767. The molecule has 0 aliphatic rings. The van der Waals surface area contributed by atoms with E-state index in [0.717, 1.165) is 4.31 Å². The topological polar surface area (TPSA) is 87.7 Å². The van der Waals surface area contributed by atoms with E-state index in [2.05, 4.69) is 10.6 Å². The van der Waals surface area contributed by atoms with Gasteiger partial charge in [-0.1, -0.05) is 12.1 Å². The van der Waals surface area contributed by atoms with Crippen LogP contribution in [0.5, 0.6) is 5.75 Å². The molecule has 2 amide bonds. The lowest BCUT2D eigenvalue weighted by atomic mass is 10.1. The highest BCUT2D eigenvalue weighted by Crippen LogP contribution is 2.23. The molecule has 0 aliphatic carbocycles. The largest absolute Gasteiger partial charge is 0.494 e. The van der Waals surface area contributed by atoms with E-state index >= 15 is 0 Å². The van der Waals surface area contributed by atoms with Crippen LogP contribution in [-0.2, 0) is 10.0 Å². The fourth-order valence-electron chi connectivity index (χ4n) is 2.50. The number of aryl methyl sites for hydroxylation is 1. The Balaban J connectivity index is 2.15. The van der Waals surface area contributed by atoms with E-state index in [-0.39, 0.29) is 10.6 Å². The molecule has 0 bridgehead atoms. The molecular formula is C19H24FN3O4S. The van der Waals surface area contributed by atoms with Gasteiger partial charge in [-0.25, -0.2) is 21.9 Å². The summed E-state index contributed by atoms with van der Waals surface area (Å²) in [5.74, 6) is -0.401. The minimum Gasteiger partial charge on any atom is -0.494 e. The second-order valence-corrected chi connectivity index (χ2v) is 8.63. The first kappa shape index (κ1) is 21.6. The van der Waals surface area contributed by atoms with Crippen molar-refractivity contribution in [2.45, 2.75) is 24.8 Å². The first-order valence-corrected chi connectivity index (χ1v) is 9.94. The van der Waals surface area contributed by atoms with E-state index in [4.69, 9.17) is 4.74 Å². The van der Waals surface area contributed by atoms with Gasteiger partial charge in [0, 0.05) is 19.8 Å². The number of sulfonamides is 1. The zero-order chi connectivity index (χ0) is 21.1. The summed E-state index contributed by atoms with van der Waals surface area (Å²) in [5, 5.41) is 5.35. The van der Waals surface area contributed by atoms with Crippen LogP contribution in [0.3, 0.4) is 0 Å². The molecule has 2 rings (SSSR count). The zero-order valence-electron chi connectivity index (χ0n) is 16.4. The van der Waals surface area contributed by atoms with Gasteiger partial charge in [-0.2, -0.15) is 0 Å². The van der Waals surface area contributed by atoms with Gasteiger partial charge in [0.2, 0.25) is 10.0 Å². The Labute approximate surface area is 164 Å². The van der Waals surface area contributed by atoms with Crippen molar-refractivity contribution < 1.29 is 22.3 Å². The molecule has 7 nitrogen and oxygen atoms in total. The van der Waals surface area contributed by atoms with Crippen LogP contribution in [0.25, 0.3) is 0 Å². The first-order valence-electron chi connectivity index (χ1n) is 8.50. The van der Waals surface area contributed by atoms with Crippen molar-refractivity contribution in [3.63, 3.8) is 0 Å². The predicted molar refractivity (Wildman–Crippen MR) is 106 cm³/mol. The molecule has 9 heteroatoms. The van der Waals surface area contributed by atoms with Crippen molar-refractivity contribution in [1.82, 2.24) is 9.62 Å². The molecule has 0 heterocycles. The second kappa shape index (κ2) is 8.57. The molecule has 28 heavy (non-hydrogen) atoms. The van der Waals surface area contributed by atoms with E-state index in [1.165, 1.54) is 45.5 Å². The summed E-state index contributed by atoms with van der Waals surface area (Å²) in [6.45, 7) is 3.46. The normalized spacial score (nSPS) is 12.5. The highest BCUT2D eigenvalue weighted by atomic mass is 32.2. The summed E-state index contributed by atoms with van der Waals surface area (Å²) < 4.78 is 44.4. The Hall–Kier alpha value is -2.65. The molecule has 2 aromatic rings. The van der Waals surface area contributed by atoms with E-state index in [1.54, 1.807) is 26.0 Å². The summed E-state index contributed by atoms with van der Waals surface area (Å²) in [7, 11) is 0.624. The molecule has 152 valence electrons. The standard InChI is InChI=1S/C19H24FN3O4S/c1-12-6-8-15(28(25,26)23(3)4)11-17(12)22-19(24)21-13(2)14-7-9-18(27-5)16(20)10-14/h6-11,13H,1-5H3,(H2,21,22,24)/t13-/m1/s1. The van der Waals surface area contributed by atoms with Gasteiger partial charge in [0.25, 0.3) is 0 Å². The number of rotatable bonds is 6. The molecule has 0 saturated heterocycles. The number of benzene rings is 2. The lowest BCUT2D eigenvalue weighted by Crippen LogP contribution is -2.31. The van der Waals surface area contributed by atoms with Crippen molar-refractivity contribution in [2.24, 2.45) is 0 Å². The fourth-order valence-corrected chi connectivity index (χ4v) is 3.43. The van der Waals surface area contributed by atoms with Gasteiger partial charge in [-0.05, 0) is 49.2 Å². The summed E-state index contributed by atoms with van der Waals surface area (Å²) in [4.78, 5) is 12.4. The molecule has 0 aromatic heterocycles. The van der Waals surface area contributed by atoms with Crippen molar-refractivity contribution in [1.29, 1.82) is 0 Å². The maximum atomic E-state index is 13.9. The Morgan fingerprint density at radius 3 is 2.43 bits per heavy atom. The van der Waals surface area contributed by atoms with Gasteiger partial charge in [0.15, 0.2) is 11.6 Å². The molecular weight excluding hydrogens is 385 g/mol. The van der Waals surface area contributed by atoms with Crippen molar-refractivity contribution in [3.05, 3.63) is 53.3 Å². The summed E-state index contributed by atoms with van der Waals surface area (Å²) in [6.07, 6.45) is 0. The number of carbonyl (C=O) groups excluding carboxylic acids is 1. The van der Waals surface area contributed by atoms with Gasteiger partial charge in [0.05, 0.1) is 18.0 Å². The van der Waals surface area contributed by atoms with Crippen LogP contribution in [0.2, 0.25) is 0 Å². The number of ether oxygens (including phenoxy) is 1. The number of halogens is 1. The average molecular weight is 409 g/mol. The number of nitrogens with zero attached hydrogens (tertiary/aromatic N) is 1. The minimum atomic E-state index is -3.62. The SMILES string of the molecule is COc1ccc([C@@H](C)NC(=O)Nc2cc(S(=O)(=O)N(C)C)ccc2C)cc1F. The smallest absolute Gasteiger partial charge is 0.319 e. The second-order valence-electron chi connectivity index (χ2n) is 6.48. The van der Waals surface area contributed by atoms with Crippen LogP contribution in [0.1, 0.15) is 24.1 Å². The molecule has 0 saturated carbocycles. The van der Waals surface area contributed by atoms with Crippen LogP contribution in [-0.4, -0.2) is 40.0 Å². The van der Waals surface area contributed by atoms with Crippen LogP contribution >= 0.6 is 0 Å². The number of urea groups is 1. The van der Waals surface area contributed by atoms with Gasteiger partial charge < -0.3 is 15.4 Å². The van der Waals surface area contributed by atoms with Crippen LogP contribution < -0.4 is 15.4 Å². The lowest BCUT2D eigenvalue weighted by Gasteiger charge is -2.18. The molecule has 0 fully saturated rings. The third kappa shape index (κ3) is 4.79. The Kier molecular flexibility index (Phi) is 6.63. The Morgan fingerprint density at radius 2 is 1.86 bits per heavy atom. The van der Waals surface area contributed by atoms with Gasteiger partial charge in [-0.3, -0.25) is 0 Å². The number of nitrogens with one attached hydrogen (secondary N) is 2. The van der Waals surface area contributed by atoms with E-state index in [1.807, 2.05) is 0 Å². The molecule has 2 aromatic carbocycles. The molecule has 1 atom stereocenters. The highest BCUT2D eigenvalue weighted by molar-refractivity contribution is 7.89. The fraction of sp³-hybridized carbons (Fsp3) is 0.316. The first-order chi connectivity index (χ1) is 13.1.